The monoisotopic (exact) mass is 237 g/mol. The van der Waals surface area contributed by atoms with Crippen molar-refractivity contribution in [2.24, 2.45) is 29.6 Å². The lowest BCUT2D eigenvalue weighted by Crippen LogP contribution is -2.39. The van der Waals surface area contributed by atoms with Crippen molar-refractivity contribution in [3.63, 3.8) is 0 Å². The molecule has 1 heteroatoms. The smallest absolute Gasteiger partial charge is 0.00176 e. The van der Waals surface area contributed by atoms with E-state index in [1.807, 2.05) is 0 Å². The Bertz CT molecular complexity index is 220. The fourth-order valence-corrected chi connectivity index (χ4v) is 3.74. The SMILES string of the molecule is CC(C)CNCC1CCC(C)CC1C1CCC1. The zero-order valence-corrected chi connectivity index (χ0v) is 12.0. The van der Waals surface area contributed by atoms with Gasteiger partial charge in [-0.2, -0.15) is 0 Å². The van der Waals surface area contributed by atoms with Gasteiger partial charge in [-0.3, -0.25) is 0 Å². The molecular weight excluding hydrogens is 206 g/mol. The summed E-state index contributed by atoms with van der Waals surface area (Å²) < 4.78 is 0. The minimum Gasteiger partial charge on any atom is -0.316 e. The zero-order chi connectivity index (χ0) is 12.3. The van der Waals surface area contributed by atoms with E-state index < -0.39 is 0 Å². The second-order valence-electron chi connectivity index (χ2n) is 7.09. The molecule has 0 aliphatic heterocycles. The van der Waals surface area contributed by atoms with E-state index in [1.54, 1.807) is 0 Å². The van der Waals surface area contributed by atoms with E-state index in [2.05, 4.69) is 26.1 Å². The first-order chi connectivity index (χ1) is 8.16. The first kappa shape index (κ1) is 13.4. The Morgan fingerprint density at radius 3 is 2.47 bits per heavy atom. The molecule has 1 nitrogen and oxygen atoms in total. The Hall–Kier alpha value is -0.0400. The van der Waals surface area contributed by atoms with Crippen LogP contribution in [0.1, 0.15) is 59.3 Å². The van der Waals surface area contributed by atoms with Crippen LogP contribution < -0.4 is 5.32 Å². The Labute approximate surface area is 108 Å². The Morgan fingerprint density at radius 2 is 1.88 bits per heavy atom. The summed E-state index contributed by atoms with van der Waals surface area (Å²) in [5, 5.41) is 3.70. The summed E-state index contributed by atoms with van der Waals surface area (Å²) in [6.07, 6.45) is 9.02. The molecular formula is C16H31N. The van der Waals surface area contributed by atoms with Crippen LogP contribution in [0.4, 0.5) is 0 Å². The van der Waals surface area contributed by atoms with Gasteiger partial charge in [-0.15, -0.1) is 0 Å². The minimum absolute atomic E-state index is 0.791. The van der Waals surface area contributed by atoms with Crippen LogP contribution in [0, 0.1) is 29.6 Å². The molecule has 17 heavy (non-hydrogen) atoms. The van der Waals surface area contributed by atoms with Gasteiger partial charge in [-0.1, -0.05) is 46.5 Å². The van der Waals surface area contributed by atoms with Gasteiger partial charge in [-0.05, 0) is 55.5 Å². The van der Waals surface area contributed by atoms with E-state index in [-0.39, 0.29) is 0 Å². The van der Waals surface area contributed by atoms with Crippen molar-refractivity contribution in [1.82, 2.24) is 5.32 Å². The van der Waals surface area contributed by atoms with Crippen LogP contribution in [-0.2, 0) is 0 Å². The van der Waals surface area contributed by atoms with E-state index in [0.717, 1.165) is 29.6 Å². The van der Waals surface area contributed by atoms with Crippen LogP contribution in [0.5, 0.6) is 0 Å². The van der Waals surface area contributed by atoms with Crippen LogP contribution in [-0.4, -0.2) is 13.1 Å². The maximum Gasteiger partial charge on any atom is -0.00176 e. The van der Waals surface area contributed by atoms with Crippen LogP contribution in [0.15, 0.2) is 0 Å². The second kappa shape index (κ2) is 6.22. The molecule has 0 heterocycles. The molecule has 1 N–H and O–H groups in total. The molecule has 3 unspecified atom stereocenters. The van der Waals surface area contributed by atoms with Crippen molar-refractivity contribution in [3.8, 4) is 0 Å². The molecule has 0 spiro atoms. The molecule has 0 radical (unpaired) electrons. The molecule has 0 bridgehead atoms. The third kappa shape index (κ3) is 3.71. The van der Waals surface area contributed by atoms with Gasteiger partial charge >= 0.3 is 0 Å². The van der Waals surface area contributed by atoms with Gasteiger partial charge in [0.25, 0.3) is 0 Å². The Morgan fingerprint density at radius 1 is 1.12 bits per heavy atom. The summed E-state index contributed by atoms with van der Waals surface area (Å²) in [5.74, 6) is 4.90. The van der Waals surface area contributed by atoms with E-state index in [1.165, 1.54) is 51.6 Å². The lowest BCUT2D eigenvalue weighted by molar-refractivity contribution is 0.0780. The summed E-state index contributed by atoms with van der Waals surface area (Å²) >= 11 is 0. The van der Waals surface area contributed by atoms with Gasteiger partial charge < -0.3 is 5.32 Å². The molecule has 0 amide bonds. The van der Waals surface area contributed by atoms with Gasteiger partial charge in [0.15, 0.2) is 0 Å². The number of hydrogen-bond acceptors (Lipinski definition) is 1. The highest BCUT2D eigenvalue weighted by Crippen LogP contribution is 2.45. The fourth-order valence-electron chi connectivity index (χ4n) is 3.74. The van der Waals surface area contributed by atoms with Crippen molar-refractivity contribution >= 4 is 0 Å². The zero-order valence-electron chi connectivity index (χ0n) is 12.0. The van der Waals surface area contributed by atoms with Crippen LogP contribution in [0.25, 0.3) is 0 Å². The van der Waals surface area contributed by atoms with Crippen molar-refractivity contribution < 1.29 is 0 Å². The van der Waals surface area contributed by atoms with Crippen molar-refractivity contribution in [2.45, 2.75) is 59.3 Å². The van der Waals surface area contributed by atoms with Gasteiger partial charge in [0.1, 0.15) is 0 Å². The quantitative estimate of drug-likeness (QED) is 0.759. The predicted molar refractivity (Wildman–Crippen MR) is 75.0 cm³/mol. The Kier molecular flexibility index (Phi) is 4.90. The van der Waals surface area contributed by atoms with Gasteiger partial charge in [0, 0.05) is 0 Å². The third-order valence-electron chi connectivity index (χ3n) is 5.02. The maximum atomic E-state index is 3.70. The molecule has 0 aromatic rings. The summed E-state index contributed by atoms with van der Waals surface area (Å²) in [4.78, 5) is 0. The summed E-state index contributed by atoms with van der Waals surface area (Å²) in [6, 6.07) is 0. The molecule has 2 saturated carbocycles. The van der Waals surface area contributed by atoms with Gasteiger partial charge in [-0.25, -0.2) is 0 Å². The maximum absolute atomic E-state index is 3.70. The molecule has 3 atom stereocenters. The highest BCUT2D eigenvalue weighted by molar-refractivity contribution is 4.87. The number of hydrogen-bond donors (Lipinski definition) is 1. The average Bonchev–Trinajstić information content (AvgIpc) is 2.18. The molecule has 2 rings (SSSR count). The number of nitrogens with one attached hydrogen (secondary N) is 1. The van der Waals surface area contributed by atoms with E-state index >= 15 is 0 Å². The number of rotatable bonds is 5. The van der Waals surface area contributed by atoms with Crippen LogP contribution >= 0.6 is 0 Å². The largest absolute Gasteiger partial charge is 0.316 e. The van der Waals surface area contributed by atoms with Crippen LogP contribution in [0.3, 0.4) is 0 Å². The molecule has 0 aromatic carbocycles. The van der Waals surface area contributed by atoms with Gasteiger partial charge in [0.05, 0.1) is 0 Å². The molecule has 2 aliphatic carbocycles. The summed E-state index contributed by atoms with van der Waals surface area (Å²) in [7, 11) is 0. The molecule has 0 aromatic heterocycles. The van der Waals surface area contributed by atoms with Crippen molar-refractivity contribution in [2.75, 3.05) is 13.1 Å². The first-order valence-electron chi connectivity index (χ1n) is 7.87. The van der Waals surface area contributed by atoms with Crippen molar-refractivity contribution in [3.05, 3.63) is 0 Å². The average molecular weight is 237 g/mol. The van der Waals surface area contributed by atoms with Crippen LogP contribution in [0.2, 0.25) is 0 Å². The highest BCUT2D eigenvalue weighted by Gasteiger charge is 2.36. The summed E-state index contributed by atoms with van der Waals surface area (Å²) in [5.41, 5.74) is 0. The first-order valence-corrected chi connectivity index (χ1v) is 7.87. The minimum atomic E-state index is 0.791. The fraction of sp³-hybridized carbons (Fsp3) is 1.00. The molecule has 2 aliphatic rings. The summed E-state index contributed by atoms with van der Waals surface area (Å²) in [6.45, 7) is 9.55. The second-order valence-corrected chi connectivity index (χ2v) is 7.09. The van der Waals surface area contributed by atoms with Gasteiger partial charge in [0.2, 0.25) is 0 Å². The normalized spacial score (nSPS) is 34.9. The standard InChI is InChI=1S/C16H31N/c1-12(2)10-17-11-15-8-7-13(3)9-16(15)14-5-4-6-14/h12-17H,4-11H2,1-3H3. The van der Waals surface area contributed by atoms with E-state index in [9.17, 15) is 0 Å². The van der Waals surface area contributed by atoms with E-state index in [0.29, 0.717) is 0 Å². The topological polar surface area (TPSA) is 12.0 Å². The third-order valence-corrected chi connectivity index (χ3v) is 5.02. The highest BCUT2D eigenvalue weighted by atomic mass is 14.9. The Balaban J connectivity index is 1.80. The lowest BCUT2D eigenvalue weighted by Gasteiger charge is -2.43. The molecule has 0 saturated heterocycles. The van der Waals surface area contributed by atoms with E-state index in [4.69, 9.17) is 0 Å². The lowest BCUT2D eigenvalue weighted by atomic mass is 9.63. The molecule has 2 fully saturated rings. The predicted octanol–water partition coefficient (Wildman–Crippen LogP) is 4.08. The van der Waals surface area contributed by atoms with Crippen molar-refractivity contribution in [1.29, 1.82) is 0 Å². The molecule has 100 valence electrons.